The second kappa shape index (κ2) is 10.2. The Morgan fingerprint density at radius 3 is 1.24 bits per heavy atom. The number of rotatable bonds is 3. The first-order valence-electron chi connectivity index (χ1n) is 15.5. The molecule has 218 valence electrons. The van der Waals surface area contributed by atoms with E-state index >= 15 is 0 Å². The van der Waals surface area contributed by atoms with Crippen LogP contribution in [0.15, 0.2) is 109 Å². The lowest BCUT2D eigenvalue weighted by molar-refractivity contribution is 1.11. The summed E-state index contributed by atoms with van der Waals surface area (Å²) in [5.74, 6) is 0. The first kappa shape index (κ1) is 27.4. The smallest absolute Gasteiger partial charge is 0.0998 e. The number of aryl methyl sites for hydroxylation is 4. The van der Waals surface area contributed by atoms with E-state index in [1.165, 1.54) is 0 Å². The molecule has 2 heterocycles. The van der Waals surface area contributed by atoms with Crippen molar-refractivity contribution in [3.8, 4) is 34.6 Å². The molecule has 0 saturated carbocycles. The highest BCUT2D eigenvalue weighted by molar-refractivity contribution is 6.26. The molecule has 0 unspecified atom stereocenters. The van der Waals surface area contributed by atoms with E-state index in [2.05, 4.69) is 140 Å². The average molecular weight is 591 g/mol. The molecule has 0 atom stereocenters. The van der Waals surface area contributed by atoms with Gasteiger partial charge in [-0.3, -0.25) is 0 Å². The van der Waals surface area contributed by atoms with Gasteiger partial charge in [-0.15, -0.1) is 0 Å². The standard InChI is InChI=1S/C42H30N4/c1-25-12-9-13-26(2)39(25)45-35-20-7-5-18-31(35)33-22-34-32-19-6-8-21-36(32)46(40-27(3)14-10-15-28(40)4)42(34)38(41(33)45)37-29(23-43)16-11-17-30(37)24-44/h5-22H,1-4H3. The van der Waals surface area contributed by atoms with Gasteiger partial charge in [0.15, 0.2) is 0 Å². The summed E-state index contributed by atoms with van der Waals surface area (Å²) in [7, 11) is 0. The van der Waals surface area contributed by atoms with Crippen molar-refractivity contribution in [2.24, 2.45) is 0 Å². The maximum atomic E-state index is 10.6. The highest BCUT2D eigenvalue weighted by atomic mass is 15.0. The van der Waals surface area contributed by atoms with Crippen LogP contribution in [0, 0.1) is 50.4 Å². The summed E-state index contributed by atoms with van der Waals surface area (Å²) in [5, 5.41) is 25.6. The van der Waals surface area contributed by atoms with Crippen molar-refractivity contribution < 1.29 is 0 Å². The molecule has 0 aliphatic carbocycles. The topological polar surface area (TPSA) is 57.4 Å². The largest absolute Gasteiger partial charge is 0.308 e. The lowest BCUT2D eigenvalue weighted by atomic mass is 9.91. The fraction of sp³-hybridized carbons (Fsp3) is 0.0952. The molecule has 0 spiro atoms. The lowest BCUT2D eigenvalue weighted by Gasteiger charge is -2.20. The molecule has 0 bridgehead atoms. The SMILES string of the molecule is Cc1cccc(C)c1-n1c2ccccc2c2cc3c4ccccc4n(-c4c(C)cccc4C)c3c(-c3c(C#N)cccc3C#N)c21. The normalized spacial score (nSPS) is 11.4. The van der Waals surface area contributed by atoms with Gasteiger partial charge in [-0.25, -0.2) is 0 Å². The van der Waals surface area contributed by atoms with Gasteiger partial charge < -0.3 is 9.13 Å². The van der Waals surface area contributed by atoms with Crippen molar-refractivity contribution in [3.63, 3.8) is 0 Å². The Labute approximate surface area is 267 Å². The van der Waals surface area contributed by atoms with Crippen molar-refractivity contribution in [1.29, 1.82) is 10.5 Å². The van der Waals surface area contributed by atoms with Crippen molar-refractivity contribution >= 4 is 43.6 Å². The average Bonchev–Trinajstić information content (AvgIpc) is 3.56. The van der Waals surface area contributed by atoms with E-state index in [1.807, 2.05) is 12.1 Å². The van der Waals surface area contributed by atoms with Crippen LogP contribution in [0.25, 0.3) is 66.1 Å². The Bertz CT molecular complexity index is 2430. The van der Waals surface area contributed by atoms with E-state index < -0.39 is 0 Å². The molecule has 0 saturated heterocycles. The van der Waals surface area contributed by atoms with Gasteiger partial charge in [-0.1, -0.05) is 78.9 Å². The van der Waals surface area contributed by atoms with Gasteiger partial charge in [0.1, 0.15) is 0 Å². The van der Waals surface area contributed by atoms with E-state index in [9.17, 15) is 10.5 Å². The zero-order valence-corrected chi connectivity index (χ0v) is 26.2. The van der Waals surface area contributed by atoms with Gasteiger partial charge in [0.2, 0.25) is 0 Å². The van der Waals surface area contributed by atoms with Crippen LogP contribution in [0.3, 0.4) is 0 Å². The molecule has 4 nitrogen and oxygen atoms in total. The van der Waals surface area contributed by atoms with E-state index in [4.69, 9.17) is 0 Å². The minimum absolute atomic E-state index is 0.476. The number of para-hydroxylation sites is 4. The fourth-order valence-corrected chi connectivity index (χ4v) is 7.60. The molecule has 0 N–H and O–H groups in total. The van der Waals surface area contributed by atoms with Gasteiger partial charge in [0, 0.05) is 32.7 Å². The third-order valence-corrected chi connectivity index (χ3v) is 9.47. The third kappa shape index (κ3) is 3.71. The lowest BCUT2D eigenvalue weighted by Crippen LogP contribution is -2.05. The zero-order valence-electron chi connectivity index (χ0n) is 26.2. The minimum Gasteiger partial charge on any atom is -0.308 e. The minimum atomic E-state index is 0.476. The van der Waals surface area contributed by atoms with Gasteiger partial charge in [0.05, 0.1) is 56.7 Å². The highest BCUT2D eigenvalue weighted by Crippen LogP contribution is 2.48. The highest BCUT2D eigenvalue weighted by Gasteiger charge is 2.28. The maximum absolute atomic E-state index is 10.6. The van der Waals surface area contributed by atoms with Crippen LogP contribution in [0.2, 0.25) is 0 Å². The summed E-state index contributed by atoms with van der Waals surface area (Å²) in [5.41, 5.74) is 13.5. The van der Waals surface area contributed by atoms with Crippen LogP contribution in [0.4, 0.5) is 0 Å². The summed E-state index contributed by atoms with van der Waals surface area (Å²) in [6, 6.07) is 42.6. The fourth-order valence-electron chi connectivity index (χ4n) is 7.60. The van der Waals surface area contributed by atoms with Crippen LogP contribution in [0.5, 0.6) is 0 Å². The molecule has 46 heavy (non-hydrogen) atoms. The van der Waals surface area contributed by atoms with Crippen molar-refractivity contribution in [2.75, 3.05) is 0 Å². The Kier molecular flexibility index (Phi) is 6.11. The van der Waals surface area contributed by atoms with Gasteiger partial charge >= 0.3 is 0 Å². The quantitative estimate of drug-likeness (QED) is 0.206. The van der Waals surface area contributed by atoms with Crippen molar-refractivity contribution in [3.05, 3.63) is 143 Å². The van der Waals surface area contributed by atoms with Crippen LogP contribution in [-0.2, 0) is 0 Å². The summed E-state index contributed by atoms with van der Waals surface area (Å²) >= 11 is 0. The predicted molar refractivity (Wildman–Crippen MR) is 189 cm³/mol. The van der Waals surface area contributed by atoms with E-state index in [0.29, 0.717) is 16.7 Å². The van der Waals surface area contributed by atoms with Crippen molar-refractivity contribution in [2.45, 2.75) is 27.7 Å². The monoisotopic (exact) mass is 590 g/mol. The van der Waals surface area contributed by atoms with E-state index in [-0.39, 0.29) is 0 Å². The van der Waals surface area contributed by atoms with Gasteiger partial charge in [-0.05, 0) is 80.3 Å². The number of aromatic nitrogens is 2. The molecule has 0 fully saturated rings. The summed E-state index contributed by atoms with van der Waals surface area (Å²) in [4.78, 5) is 0. The number of hydrogen-bond acceptors (Lipinski definition) is 2. The van der Waals surface area contributed by atoms with Crippen LogP contribution in [-0.4, -0.2) is 9.13 Å². The Morgan fingerprint density at radius 1 is 0.435 bits per heavy atom. The second-order valence-corrected chi connectivity index (χ2v) is 12.2. The van der Waals surface area contributed by atoms with E-state index in [1.54, 1.807) is 6.07 Å². The molecule has 0 aliphatic rings. The molecule has 8 rings (SSSR count). The van der Waals surface area contributed by atoms with Crippen LogP contribution >= 0.6 is 0 Å². The first-order chi connectivity index (χ1) is 22.4. The maximum Gasteiger partial charge on any atom is 0.0998 e. The summed E-state index contributed by atoms with van der Waals surface area (Å²) in [6.07, 6.45) is 0. The van der Waals surface area contributed by atoms with Gasteiger partial charge in [-0.2, -0.15) is 10.5 Å². The second-order valence-electron chi connectivity index (χ2n) is 12.2. The first-order valence-corrected chi connectivity index (χ1v) is 15.5. The number of benzene rings is 6. The van der Waals surface area contributed by atoms with E-state index in [0.717, 1.165) is 82.8 Å². The molecule has 8 aromatic rings. The molecular formula is C42H30N4. The predicted octanol–water partition coefficient (Wildman–Crippen LogP) is 10.5. The summed E-state index contributed by atoms with van der Waals surface area (Å²) < 4.78 is 4.73. The van der Waals surface area contributed by atoms with Crippen LogP contribution < -0.4 is 0 Å². The molecule has 6 aromatic carbocycles. The number of fused-ring (bicyclic) bond motifs is 6. The van der Waals surface area contributed by atoms with Crippen molar-refractivity contribution in [1.82, 2.24) is 9.13 Å². The molecule has 0 radical (unpaired) electrons. The van der Waals surface area contributed by atoms with Gasteiger partial charge in [0.25, 0.3) is 0 Å². The molecule has 4 heteroatoms. The number of nitriles is 2. The Balaban J connectivity index is 1.79. The number of nitrogens with zero attached hydrogens (tertiary/aromatic N) is 4. The zero-order chi connectivity index (χ0) is 31.7. The molecule has 0 aliphatic heterocycles. The molecular weight excluding hydrogens is 560 g/mol. The molecule has 2 aromatic heterocycles. The number of hydrogen-bond donors (Lipinski definition) is 0. The third-order valence-electron chi connectivity index (χ3n) is 9.47. The summed E-state index contributed by atoms with van der Waals surface area (Å²) in [6.45, 7) is 8.61. The Hall–Kier alpha value is -6.10. The Morgan fingerprint density at radius 2 is 0.826 bits per heavy atom. The van der Waals surface area contributed by atoms with Crippen LogP contribution in [0.1, 0.15) is 33.4 Å². The molecule has 0 amide bonds.